The molecule has 5 nitrogen and oxygen atoms in total. The average Bonchev–Trinajstić information content (AvgIpc) is 2.47. The number of hydrogen-bond donors (Lipinski definition) is 2. The number of amides is 1. The van der Waals surface area contributed by atoms with Crippen LogP contribution < -0.4 is 10.6 Å². The Hall–Kier alpha value is -1.95. The molecule has 1 aromatic heterocycles. The van der Waals surface area contributed by atoms with E-state index in [1.807, 2.05) is 31.2 Å². The zero-order valence-electron chi connectivity index (χ0n) is 11.1. The fourth-order valence-corrected chi connectivity index (χ4v) is 1.82. The van der Waals surface area contributed by atoms with E-state index in [0.717, 1.165) is 16.6 Å². The van der Waals surface area contributed by atoms with Crippen molar-refractivity contribution in [3.8, 4) is 0 Å². The van der Waals surface area contributed by atoms with Crippen molar-refractivity contribution < 1.29 is 4.79 Å². The second-order valence-electron chi connectivity index (χ2n) is 4.18. The zero-order valence-corrected chi connectivity index (χ0v) is 12.6. The predicted molar refractivity (Wildman–Crippen MR) is 82.1 cm³/mol. The third-order valence-electron chi connectivity index (χ3n) is 2.55. The van der Waals surface area contributed by atoms with Crippen molar-refractivity contribution in [1.29, 1.82) is 0 Å². The van der Waals surface area contributed by atoms with E-state index < -0.39 is 0 Å². The average molecular weight is 335 g/mol. The maximum atomic E-state index is 11.8. The summed E-state index contributed by atoms with van der Waals surface area (Å²) in [4.78, 5) is 19.9. The van der Waals surface area contributed by atoms with Crippen molar-refractivity contribution in [3.05, 3.63) is 46.8 Å². The summed E-state index contributed by atoms with van der Waals surface area (Å²) in [5.74, 6) is 0.400. The van der Waals surface area contributed by atoms with Gasteiger partial charge in [0.05, 0.1) is 0 Å². The Balaban J connectivity index is 2.09. The van der Waals surface area contributed by atoms with E-state index >= 15 is 0 Å². The molecular weight excluding hydrogens is 320 g/mol. The number of nitrogens with zero attached hydrogens (tertiary/aromatic N) is 2. The third kappa shape index (κ3) is 4.03. The normalized spacial score (nSPS) is 10.1. The molecule has 2 rings (SSSR count). The van der Waals surface area contributed by atoms with Crippen LogP contribution in [0.1, 0.15) is 23.8 Å². The minimum Gasteiger partial charge on any atom is -0.351 e. The van der Waals surface area contributed by atoms with Crippen LogP contribution in [0.5, 0.6) is 0 Å². The monoisotopic (exact) mass is 334 g/mol. The van der Waals surface area contributed by atoms with Gasteiger partial charge in [-0.1, -0.05) is 22.9 Å². The second kappa shape index (κ2) is 7.00. The highest BCUT2D eigenvalue weighted by molar-refractivity contribution is 9.10. The van der Waals surface area contributed by atoms with Gasteiger partial charge in [-0.15, -0.1) is 0 Å². The molecule has 0 saturated heterocycles. The highest BCUT2D eigenvalue weighted by Gasteiger charge is 2.07. The minimum atomic E-state index is -0.187. The summed E-state index contributed by atoms with van der Waals surface area (Å²) in [7, 11) is 0. The van der Waals surface area contributed by atoms with Gasteiger partial charge in [0.1, 0.15) is 17.8 Å². The first-order valence-electron chi connectivity index (χ1n) is 6.32. The first kappa shape index (κ1) is 14.5. The quantitative estimate of drug-likeness (QED) is 0.881. The molecule has 0 aliphatic heterocycles. The summed E-state index contributed by atoms with van der Waals surface area (Å²) < 4.78 is 1.00. The van der Waals surface area contributed by atoms with E-state index in [2.05, 4.69) is 36.5 Å². The maximum Gasteiger partial charge on any atom is 0.270 e. The number of nitrogens with one attached hydrogen (secondary N) is 2. The summed E-state index contributed by atoms with van der Waals surface area (Å²) >= 11 is 3.38. The molecule has 0 atom stereocenters. The molecule has 2 N–H and O–H groups in total. The lowest BCUT2D eigenvalue weighted by Gasteiger charge is -2.07. The first-order chi connectivity index (χ1) is 9.69. The highest BCUT2D eigenvalue weighted by Crippen LogP contribution is 2.17. The van der Waals surface area contributed by atoms with Crippen LogP contribution in [0.4, 0.5) is 11.5 Å². The van der Waals surface area contributed by atoms with Gasteiger partial charge in [-0.2, -0.15) is 0 Å². The number of anilines is 2. The largest absolute Gasteiger partial charge is 0.351 e. The number of carbonyl (C=O) groups is 1. The summed E-state index contributed by atoms with van der Waals surface area (Å²) in [5.41, 5.74) is 1.25. The number of hydrogen-bond acceptors (Lipinski definition) is 4. The molecule has 6 heteroatoms. The molecular formula is C14H15BrN4O. The SMILES string of the molecule is CCCNC(=O)c1cc(Nc2ccc(Br)cc2)ncn1. The van der Waals surface area contributed by atoms with Gasteiger partial charge >= 0.3 is 0 Å². The van der Waals surface area contributed by atoms with Gasteiger partial charge in [0.15, 0.2) is 0 Å². The third-order valence-corrected chi connectivity index (χ3v) is 3.08. The first-order valence-corrected chi connectivity index (χ1v) is 7.11. The predicted octanol–water partition coefficient (Wildman–Crippen LogP) is 3.12. The Morgan fingerprint density at radius 1 is 1.25 bits per heavy atom. The molecule has 0 aliphatic rings. The molecule has 0 spiro atoms. The van der Waals surface area contributed by atoms with Crippen LogP contribution in [-0.4, -0.2) is 22.4 Å². The van der Waals surface area contributed by atoms with Crippen LogP contribution >= 0.6 is 15.9 Å². The van der Waals surface area contributed by atoms with Crippen molar-refractivity contribution in [1.82, 2.24) is 15.3 Å². The van der Waals surface area contributed by atoms with Crippen LogP contribution in [0.3, 0.4) is 0 Å². The van der Waals surface area contributed by atoms with Crippen molar-refractivity contribution in [2.45, 2.75) is 13.3 Å². The number of rotatable bonds is 5. The highest BCUT2D eigenvalue weighted by atomic mass is 79.9. The van der Waals surface area contributed by atoms with Gasteiger partial charge in [0.2, 0.25) is 0 Å². The molecule has 0 radical (unpaired) electrons. The van der Waals surface area contributed by atoms with Crippen molar-refractivity contribution in [3.63, 3.8) is 0 Å². The molecule has 2 aromatic rings. The number of aromatic nitrogens is 2. The van der Waals surface area contributed by atoms with Crippen LogP contribution in [0, 0.1) is 0 Å². The van der Waals surface area contributed by atoms with Crippen LogP contribution in [0.2, 0.25) is 0 Å². The molecule has 1 amide bonds. The van der Waals surface area contributed by atoms with Crippen LogP contribution in [0.25, 0.3) is 0 Å². The molecule has 0 unspecified atom stereocenters. The molecule has 1 heterocycles. The molecule has 0 saturated carbocycles. The Kier molecular flexibility index (Phi) is 5.06. The summed E-state index contributed by atoms with van der Waals surface area (Å²) in [5, 5.41) is 5.91. The molecule has 0 bridgehead atoms. The van der Waals surface area contributed by atoms with Gasteiger partial charge in [-0.25, -0.2) is 9.97 Å². The van der Waals surface area contributed by atoms with Crippen LogP contribution in [-0.2, 0) is 0 Å². The van der Waals surface area contributed by atoms with Gasteiger partial charge < -0.3 is 10.6 Å². The minimum absolute atomic E-state index is 0.187. The molecule has 0 aliphatic carbocycles. The van der Waals surface area contributed by atoms with E-state index in [4.69, 9.17) is 0 Å². The zero-order chi connectivity index (χ0) is 14.4. The lowest BCUT2D eigenvalue weighted by atomic mass is 10.3. The van der Waals surface area contributed by atoms with Crippen molar-refractivity contribution in [2.75, 3.05) is 11.9 Å². The number of carbonyl (C=O) groups excluding carboxylic acids is 1. The Labute approximate surface area is 126 Å². The van der Waals surface area contributed by atoms with Gasteiger partial charge in [-0.3, -0.25) is 4.79 Å². The fraction of sp³-hybridized carbons (Fsp3) is 0.214. The van der Waals surface area contributed by atoms with Crippen molar-refractivity contribution >= 4 is 33.3 Å². The summed E-state index contributed by atoms with van der Waals surface area (Å²) in [6, 6.07) is 9.33. The standard InChI is InChI=1S/C14H15BrN4O/c1-2-7-16-14(20)12-8-13(18-9-17-12)19-11-5-3-10(15)4-6-11/h3-6,8-9H,2,7H2,1H3,(H,16,20)(H,17,18,19). The van der Waals surface area contributed by atoms with E-state index in [9.17, 15) is 4.79 Å². The van der Waals surface area contributed by atoms with E-state index in [-0.39, 0.29) is 5.91 Å². The van der Waals surface area contributed by atoms with Gasteiger partial charge in [-0.05, 0) is 30.7 Å². The van der Waals surface area contributed by atoms with Gasteiger partial charge in [0.25, 0.3) is 5.91 Å². The number of benzene rings is 1. The molecule has 20 heavy (non-hydrogen) atoms. The van der Waals surface area contributed by atoms with Crippen LogP contribution in [0.15, 0.2) is 41.1 Å². The smallest absolute Gasteiger partial charge is 0.270 e. The lowest BCUT2D eigenvalue weighted by Crippen LogP contribution is -2.25. The maximum absolute atomic E-state index is 11.8. The topological polar surface area (TPSA) is 66.9 Å². The van der Waals surface area contributed by atoms with Crippen molar-refractivity contribution in [2.24, 2.45) is 0 Å². The number of halogens is 1. The fourth-order valence-electron chi connectivity index (χ4n) is 1.56. The lowest BCUT2D eigenvalue weighted by molar-refractivity contribution is 0.0948. The Morgan fingerprint density at radius 3 is 2.70 bits per heavy atom. The molecule has 0 fully saturated rings. The van der Waals surface area contributed by atoms with Gasteiger partial charge in [0, 0.05) is 22.8 Å². The second-order valence-corrected chi connectivity index (χ2v) is 5.09. The molecule has 104 valence electrons. The van der Waals surface area contributed by atoms with E-state index in [1.165, 1.54) is 6.33 Å². The van der Waals surface area contributed by atoms with E-state index in [0.29, 0.717) is 18.1 Å². The molecule has 1 aromatic carbocycles. The van der Waals surface area contributed by atoms with E-state index in [1.54, 1.807) is 6.07 Å². The Morgan fingerprint density at radius 2 is 2.00 bits per heavy atom. The Bertz CT molecular complexity index is 586. The summed E-state index contributed by atoms with van der Waals surface area (Å²) in [6.07, 6.45) is 2.27. The summed E-state index contributed by atoms with van der Waals surface area (Å²) in [6.45, 7) is 2.64.